The second kappa shape index (κ2) is 10.6. The third-order valence-corrected chi connectivity index (χ3v) is 4.99. The molecule has 1 aromatic rings. The van der Waals surface area contributed by atoms with Gasteiger partial charge < -0.3 is 15.5 Å². The number of aromatic nitrogens is 1. The lowest BCUT2D eigenvalue weighted by atomic mass is 10.0. The first-order valence-electron chi connectivity index (χ1n) is 8.50. The highest BCUT2D eigenvalue weighted by Crippen LogP contribution is 2.13. The lowest BCUT2D eigenvalue weighted by Gasteiger charge is -2.27. The van der Waals surface area contributed by atoms with Gasteiger partial charge in [0.2, 0.25) is 0 Å². The van der Waals surface area contributed by atoms with E-state index in [2.05, 4.69) is 60.4 Å². The number of hydrogen-bond donors (Lipinski definition) is 2. The molecule has 0 saturated heterocycles. The number of nitrogens with zero attached hydrogens (tertiary/aromatic N) is 3. The van der Waals surface area contributed by atoms with Gasteiger partial charge in [-0.3, -0.25) is 4.99 Å². The van der Waals surface area contributed by atoms with E-state index in [0.29, 0.717) is 12.0 Å². The molecular weight excluding hydrogens is 306 g/mol. The molecule has 0 amide bonds. The fourth-order valence-corrected chi connectivity index (χ4v) is 3.23. The smallest absolute Gasteiger partial charge is 0.191 e. The minimum atomic E-state index is 0.514. The summed E-state index contributed by atoms with van der Waals surface area (Å²) in [6.07, 6.45) is 5.17. The molecule has 0 bridgehead atoms. The summed E-state index contributed by atoms with van der Waals surface area (Å²) in [5.41, 5.74) is 0. The summed E-state index contributed by atoms with van der Waals surface area (Å²) in [7, 11) is 6.10. The standard InChI is InChI=1S/C17H33N5S/c1-7-15-12-20-16(23-15)8-9-19-17(18-4)21-11-14(22(5)6)10-13(2)3/h12-14H,7-11H2,1-6H3,(H2,18,19,21). The Bertz CT molecular complexity index is 467. The minimum Gasteiger partial charge on any atom is -0.356 e. The van der Waals surface area contributed by atoms with Crippen molar-refractivity contribution < 1.29 is 0 Å². The van der Waals surface area contributed by atoms with Crippen molar-refractivity contribution in [2.75, 3.05) is 34.2 Å². The molecule has 132 valence electrons. The van der Waals surface area contributed by atoms with Gasteiger partial charge in [0.1, 0.15) is 0 Å². The molecule has 0 spiro atoms. The van der Waals surface area contributed by atoms with Gasteiger partial charge in [-0.2, -0.15) is 0 Å². The van der Waals surface area contributed by atoms with Crippen molar-refractivity contribution in [3.63, 3.8) is 0 Å². The second-order valence-corrected chi connectivity index (χ2v) is 7.65. The molecule has 0 fully saturated rings. The highest BCUT2D eigenvalue weighted by atomic mass is 32.1. The van der Waals surface area contributed by atoms with E-state index in [0.717, 1.165) is 31.9 Å². The maximum atomic E-state index is 4.45. The third-order valence-electron chi connectivity index (χ3n) is 3.78. The van der Waals surface area contributed by atoms with Crippen LogP contribution in [0.25, 0.3) is 0 Å². The fraction of sp³-hybridized carbons (Fsp3) is 0.765. The molecule has 0 radical (unpaired) electrons. The van der Waals surface area contributed by atoms with Crippen molar-refractivity contribution in [1.29, 1.82) is 0 Å². The molecule has 1 heterocycles. The van der Waals surface area contributed by atoms with Gasteiger partial charge in [-0.15, -0.1) is 11.3 Å². The highest BCUT2D eigenvalue weighted by Gasteiger charge is 2.13. The summed E-state index contributed by atoms with van der Waals surface area (Å²) >= 11 is 1.80. The topological polar surface area (TPSA) is 52.6 Å². The van der Waals surface area contributed by atoms with E-state index < -0.39 is 0 Å². The van der Waals surface area contributed by atoms with Gasteiger partial charge in [0.25, 0.3) is 0 Å². The molecule has 0 aromatic carbocycles. The Morgan fingerprint density at radius 1 is 1.35 bits per heavy atom. The number of nitrogens with one attached hydrogen (secondary N) is 2. The Morgan fingerprint density at radius 3 is 2.61 bits per heavy atom. The van der Waals surface area contributed by atoms with E-state index in [4.69, 9.17) is 0 Å². The number of thiazole rings is 1. The van der Waals surface area contributed by atoms with E-state index >= 15 is 0 Å². The van der Waals surface area contributed by atoms with Gasteiger partial charge in [-0.25, -0.2) is 4.98 Å². The molecule has 2 N–H and O–H groups in total. The van der Waals surface area contributed by atoms with Crippen LogP contribution < -0.4 is 10.6 Å². The largest absolute Gasteiger partial charge is 0.356 e. The van der Waals surface area contributed by atoms with Gasteiger partial charge in [-0.05, 0) is 32.9 Å². The van der Waals surface area contributed by atoms with Crippen molar-refractivity contribution in [2.24, 2.45) is 10.9 Å². The zero-order valence-electron chi connectivity index (χ0n) is 15.5. The zero-order chi connectivity index (χ0) is 17.2. The van der Waals surface area contributed by atoms with Crippen LogP contribution in [0.15, 0.2) is 11.2 Å². The van der Waals surface area contributed by atoms with E-state index in [-0.39, 0.29) is 0 Å². The lowest BCUT2D eigenvalue weighted by molar-refractivity contribution is 0.254. The average Bonchev–Trinajstić information content (AvgIpc) is 2.96. The molecule has 1 aromatic heterocycles. The third kappa shape index (κ3) is 7.79. The maximum Gasteiger partial charge on any atom is 0.191 e. The van der Waals surface area contributed by atoms with Gasteiger partial charge in [-0.1, -0.05) is 20.8 Å². The number of hydrogen-bond acceptors (Lipinski definition) is 4. The first-order valence-corrected chi connectivity index (χ1v) is 9.32. The van der Waals surface area contributed by atoms with Crippen LogP contribution in [0.1, 0.15) is 37.1 Å². The van der Waals surface area contributed by atoms with E-state index in [1.165, 1.54) is 16.3 Å². The summed E-state index contributed by atoms with van der Waals surface area (Å²) in [4.78, 5) is 12.4. The number of aryl methyl sites for hydroxylation is 1. The molecule has 0 aliphatic rings. The van der Waals surface area contributed by atoms with Crippen LogP contribution >= 0.6 is 11.3 Å². The molecule has 0 saturated carbocycles. The van der Waals surface area contributed by atoms with Crippen LogP contribution in [-0.2, 0) is 12.8 Å². The quantitative estimate of drug-likeness (QED) is 0.536. The Balaban J connectivity index is 2.36. The number of aliphatic imine (C=N–C) groups is 1. The predicted octanol–water partition coefficient (Wildman–Crippen LogP) is 2.39. The first-order chi connectivity index (χ1) is 11.0. The lowest BCUT2D eigenvalue weighted by Crippen LogP contribution is -2.45. The van der Waals surface area contributed by atoms with Crippen LogP contribution in [0, 0.1) is 5.92 Å². The van der Waals surface area contributed by atoms with Gasteiger partial charge in [0, 0.05) is 43.7 Å². The van der Waals surface area contributed by atoms with Gasteiger partial charge >= 0.3 is 0 Å². The molecule has 1 unspecified atom stereocenters. The van der Waals surface area contributed by atoms with Crippen molar-refractivity contribution in [2.45, 2.75) is 46.1 Å². The number of rotatable bonds is 9. The van der Waals surface area contributed by atoms with E-state index in [1.54, 1.807) is 11.3 Å². The highest BCUT2D eigenvalue weighted by molar-refractivity contribution is 7.11. The van der Waals surface area contributed by atoms with E-state index in [1.807, 2.05) is 13.2 Å². The van der Waals surface area contributed by atoms with Crippen LogP contribution in [0.5, 0.6) is 0 Å². The average molecular weight is 340 g/mol. The van der Waals surface area contributed by atoms with Gasteiger partial charge in [0.15, 0.2) is 5.96 Å². The summed E-state index contributed by atoms with van der Waals surface area (Å²) < 4.78 is 0. The van der Waals surface area contributed by atoms with E-state index in [9.17, 15) is 0 Å². The normalized spacial score (nSPS) is 13.7. The van der Waals surface area contributed by atoms with Crippen LogP contribution in [0.3, 0.4) is 0 Å². The molecule has 0 aliphatic carbocycles. The predicted molar refractivity (Wildman–Crippen MR) is 101 cm³/mol. The SMILES string of the molecule is CCc1cnc(CCNC(=NC)NCC(CC(C)C)N(C)C)s1. The molecule has 5 nitrogen and oxygen atoms in total. The molecular formula is C17H33N5S. The van der Waals surface area contributed by atoms with Crippen LogP contribution in [-0.4, -0.2) is 56.1 Å². The molecule has 6 heteroatoms. The zero-order valence-corrected chi connectivity index (χ0v) is 16.3. The van der Waals surface area contributed by atoms with Crippen molar-refractivity contribution >= 4 is 17.3 Å². The maximum absolute atomic E-state index is 4.45. The summed E-state index contributed by atoms with van der Waals surface area (Å²) in [5.74, 6) is 1.56. The molecule has 1 rings (SSSR count). The molecule has 0 aliphatic heterocycles. The van der Waals surface area contributed by atoms with Crippen LogP contribution in [0.4, 0.5) is 0 Å². The fourth-order valence-electron chi connectivity index (χ4n) is 2.37. The monoisotopic (exact) mass is 339 g/mol. The van der Waals surface area contributed by atoms with Crippen molar-refractivity contribution in [1.82, 2.24) is 20.5 Å². The second-order valence-electron chi connectivity index (χ2n) is 6.45. The van der Waals surface area contributed by atoms with Crippen molar-refractivity contribution in [3.8, 4) is 0 Å². The Morgan fingerprint density at radius 2 is 2.09 bits per heavy atom. The molecule has 23 heavy (non-hydrogen) atoms. The van der Waals surface area contributed by atoms with Crippen molar-refractivity contribution in [3.05, 3.63) is 16.1 Å². The summed E-state index contributed by atoms with van der Waals surface area (Å²) in [6.45, 7) is 8.46. The minimum absolute atomic E-state index is 0.514. The number of likely N-dealkylation sites (N-methyl/N-ethyl adjacent to an activating group) is 1. The number of guanidine groups is 1. The Labute approximate surface area is 145 Å². The summed E-state index contributed by atoms with van der Waals surface area (Å²) in [5, 5.41) is 8.01. The first kappa shape index (κ1) is 19.9. The summed E-state index contributed by atoms with van der Waals surface area (Å²) in [6, 6.07) is 0.514. The van der Waals surface area contributed by atoms with Gasteiger partial charge in [0.05, 0.1) is 5.01 Å². The Hall–Kier alpha value is -1.14. The molecule has 1 atom stereocenters. The van der Waals surface area contributed by atoms with Crippen LogP contribution in [0.2, 0.25) is 0 Å². The Kier molecular flexibility index (Phi) is 9.17.